The normalized spacial score (nSPS) is 20.8. The van der Waals surface area contributed by atoms with Crippen LogP contribution in [0.3, 0.4) is 0 Å². The second kappa shape index (κ2) is 6.88. The summed E-state index contributed by atoms with van der Waals surface area (Å²) in [5, 5.41) is 0. The van der Waals surface area contributed by atoms with Crippen LogP contribution in [-0.2, 0) is 34.0 Å². The number of ether oxygens (including phenoxy) is 3. The van der Waals surface area contributed by atoms with Crippen molar-refractivity contribution in [1.82, 2.24) is 0 Å². The van der Waals surface area contributed by atoms with Crippen LogP contribution in [0.25, 0.3) is 0 Å². The van der Waals surface area contributed by atoms with Gasteiger partial charge in [0.15, 0.2) is 5.41 Å². The molecule has 0 aliphatic carbocycles. The highest BCUT2D eigenvalue weighted by molar-refractivity contribution is 6.16. The molecule has 146 valence electrons. The minimum atomic E-state index is -1.89. The zero-order valence-corrected chi connectivity index (χ0v) is 15.8. The van der Waals surface area contributed by atoms with Gasteiger partial charge in [-0.25, -0.2) is 14.4 Å². The number of hydrogen-bond acceptors (Lipinski definition) is 8. The first-order valence-corrected chi connectivity index (χ1v) is 8.45. The fraction of sp³-hybridized carbons (Fsp3) is 0.250. The van der Waals surface area contributed by atoms with Crippen LogP contribution in [0.15, 0.2) is 59.6 Å². The number of carbonyl (C=O) groups is 3. The van der Waals surface area contributed by atoms with E-state index < -0.39 is 23.3 Å². The quantitative estimate of drug-likeness (QED) is 0.470. The molecule has 3 rings (SSSR count). The van der Waals surface area contributed by atoms with Gasteiger partial charge in [0, 0.05) is 18.3 Å². The van der Waals surface area contributed by atoms with E-state index in [-0.39, 0.29) is 29.3 Å². The Morgan fingerprint density at radius 3 is 2.61 bits per heavy atom. The summed E-state index contributed by atoms with van der Waals surface area (Å²) in [7, 11) is 2.82. The largest absolute Gasteiger partial charge is 0.466 e. The molecule has 0 fully saturated rings. The number of esters is 3. The predicted octanol–water partition coefficient (Wildman–Crippen LogP) is 1.28. The van der Waals surface area contributed by atoms with Gasteiger partial charge < -0.3 is 24.8 Å². The Morgan fingerprint density at radius 2 is 1.96 bits per heavy atom. The molecular formula is C20H20N2O6. The fourth-order valence-corrected chi connectivity index (χ4v) is 3.68. The molecule has 0 radical (unpaired) electrons. The van der Waals surface area contributed by atoms with Crippen LogP contribution in [0.5, 0.6) is 0 Å². The first-order valence-electron chi connectivity index (χ1n) is 8.45. The maximum Gasteiger partial charge on any atom is 0.339 e. The van der Waals surface area contributed by atoms with Crippen molar-refractivity contribution < 1.29 is 28.6 Å². The number of rotatable bonds is 4. The van der Waals surface area contributed by atoms with E-state index in [2.05, 4.69) is 6.58 Å². The molecule has 2 N–H and O–H groups in total. The summed E-state index contributed by atoms with van der Waals surface area (Å²) in [6.45, 7) is 4.90. The van der Waals surface area contributed by atoms with Crippen molar-refractivity contribution in [2.24, 2.45) is 5.73 Å². The monoisotopic (exact) mass is 384 g/mol. The van der Waals surface area contributed by atoms with Crippen molar-refractivity contribution in [3.63, 3.8) is 0 Å². The molecule has 0 amide bonds. The van der Waals surface area contributed by atoms with Gasteiger partial charge in [0.05, 0.1) is 7.11 Å². The van der Waals surface area contributed by atoms with Crippen LogP contribution >= 0.6 is 0 Å². The van der Waals surface area contributed by atoms with E-state index in [0.29, 0.717) is 11.3 Å². The minimum absolute atomic E-state index is 0.0220. The number of nitrogens with zero attached hydrogens (tertiary/aromatic N) is 1. The van der Waals surface area contributed by atoms with Gasteiger partial charge in [-0.3, -0.25) is 0 Å². The summed E-state index contributed by atoms with van der Waals surface area (Å²) in [4.78, 5) is 40.4. The van der Waals surface area contributed by atoms with Crippen molar-refractivity contribution in [2.75, 3.05) is 25.7 Å². The fourth-order valence-electron chi connectivity index (χ4n) is 3.68. The highest BCUT2D eigenvalue weighted by Crippen LogP contribution is 2.53. The SMILES string of the molecule is C=CCOC(=O)C1=C(C)OC(=O)[C@@]12C(C(=O)OC)=C(N)N(C)c1ccccc12. The standard InChI is InChI=1S/C20H20N2O6/c1-5-10-27-18(24)14-11(2)28-19(25)20(14)12-8-6-7-9-13(12)22(3)16(21)15(20)17(23)26-4/h5-9H,1,10,21H2,2-4H3/t20-/m1/s1. The van der Waals surface area contributed by atoms with Gasteiger partial charge in [-0.1, -0.05) is 30.9 Å². The maximum absolute atomic E-state index is 13.2. The minimum Gasteiger partial charge on any atom is -0.466 e. The number of carbonyl (C=O) groups excluding carboxylic acids is 3. The molecule has 2 aliphatic heterocycles. The molecule has 1 atom stereocenters. The van der Waals surface area contributed by atoms with Crippen LogP contribution in [0.1, 0.15) is 12.5 Å². The van der Waals surface area contributed by atoms with Gasteiger partial charge in [0.1, 0.15) is 29.3 Å². The van der Waals surface area contributed by atoms with E-state index >= 15 is 0 Å². The molecule has 8 nitrogen and oxygen atoms in total. The molecule has 0 saturated carbocycles. The molecule has 1 aromatic carbocycles. The topological polar surface area (TPSA) is 108 Å². The third-order valence-corrected chi connectivity index (χ3v) is 4.87. The van der Waals surface area contributed by atoms with Crippen molar-refractivity contribution >= 4 is 23.6 Å². The van der Waals surface area contributed by atoms with Crippen LogP contribution in [0.2, 0.25) is 0 Å². The van der Waals surface area contributed by atoms with E-state index in [0.717, 1.165) is 0 Å². The predicted molar refractivity (Wildman–Crippen MR) is 99.7 cm³/mol. The number of fused-ring (bicyclic) bond motifs is 2. The Labute approximate surface area is 161 Å². The molecule has 0 bridgehead atoms. The summed E-state index contributed by atoms with van der Waals surface area (Å²) in [5.41, 5.74) is 4.98. The summed E-state index contributed by atoms with van der Waals surface area (Å²) >= 11 is 0. The number of anilines is 1. The zero-order chi connectivity index (χ0) is 20.6. The molecule has 8 heteroatoms. The molecule has 1 spiro atoms. The lowest BCUT2D eigenvalue weighted by Crippen LogP contribution is -2.49. The second-order valence-corrected chi connectivity index (χ2v) is 6.29. The lowest BCUT2D eigenvalue weighted by molar-refractivity contribution is -0.146. The van der Waals surface area contributed by atoms with Crippen molar-refractivity contribution in [2.45, 2.75) is 12.3 Å². The average molecular weight is 384 g/mol. The highest BCUT2D eigenvalue weighted by Gasteiger charge is 2.63. The van der Waals surface area contributed by atoms with Crippen molar-refractivity contribution in [3.05, 3.63) is 65.2 Å². The van der Waals surface area contributed by atoms with Gasteiger partial charge in [-0.2, -0.15) is 0 Å². The van der Waals surface area contributed by atoms with E-state index in [4.69, 9.17) is 19.9 Å². The Hall–Kier alpha value is -3.55. The number of allylic oxidation sites excluding steroid dienone is 1. The lowest BCUT2D eigenvalue weighted by atomic mass is 9.66. The summed E-state index contributed by atoms with van der Waals surface area (Å²) in [6, 6.07) is 6.82. The number of methoxy groups -OCH3 is 1. The van der Waals surface area contributed by atoms with Gasteiger partial charge in [0.2, 0.25) is 0 Å². The number of hydrogen-bond donors (Lipinski definition) is 1. The van der Waals surface area contributed by atoms with Crippen LogP contribution in [0, 0.1) is 0 Å². The molecule has 0 aromatic heterocycles. The van der Waals surface area contributed by atoms with Gasteiger partial charge >= 0.3 is 17.9 Å². The maximum atomic E-state index is 13.2. The van der Waals surface area contributed by atoms with E-state index in [1.165, 1.54) is 20.1 Å². The molecule has 1 aromatic rings. The molecular weight excluding hydrogens is 364 g/mol. The van der Waals surface area contributed by atoms with Crippen molar-refractivity contribution in [3.8, 4) is 0 Å². The third-order valence-electron chi connectivity index (χ3n) is 4.87. The van der Waals surface area contributed by atoms with Crippen LogP contribution in [-0.4, -0.2) is 38.7 Å². The third kappa shape index (κ3) is 2.41. The lowest BCUT2D eigenvalue weighted by Gasteiger charge is -2.39. The van der Waals surface area contributed by atoms with Gasteiger partial charge in [-0.15, -0.1) is 0 Å². The molecule has 0 unspecified atom stereocenters. The second-order valence-electron chi connectivity index (χ2n) is 6.29. The highest BCUT2D eigenvalue weighted by atomic mass is 16.6. The number of para-hydroxylation sites is 1. The Bertz CT molecular complexity index is 961. The van der Waals surface area contributed by atoms with E-state index in [9.17, 15) is 14.4 Å². The Kier molecular flexibility index (Phi) is 4.72. The molecule has 28 heavy (non-hydrogen) atoms. The number of cyclic esters (lactones) is 1. The number of nitrogens with two attached hydrogens (primary N) is 1. The van der Waals surface area contributed by atoms with E-state index in [1.807, 2.05) is 0 Å². The molecule has 0 saturated heterocycles. The van der Waals surface area contributed by atoms with Crippen molar-refractivity contribution in [1.29, 1.82) is 0 Å². The van der Waals surface area contributed by atoms with Gasteiger partial charge in [0.25, 0.3) is 0 Å². The zero-order valence-electron chi connectivity index (χ0n) is 15.8. The average Bonchev–Trinajstić information content (AvgIpc) is 2.94. The number of benzene rings is 1. The summed E-state index contributed by atoms with van der Waals surface area (Å²) < 4.78 is 15.4. The smallest absolute Gasteiger partial charge is 0.339 e. The van der Waals surface area contributed by atoms with Crippen LogP contribution in [0.4, 0.5) is 5.69 Å². The first kappa shape index (κ1) is 19.2. The summed E-state index contributed by atoms with van der Waals surface area (Å²) in [5.74, 6) is -2.46. The Morgan fingerprint density at radius 1 is 1.29 bits per heavy atom. The van der Waals surface area contributed by atoms with Gasteiger partial charge in [-0.05, 0) is 13.0 Å². The Balaban J connectivity index is 2.41. The summed E-state index contributed by atoms with van der Waals surface area (Å²) in [6.07, 6.45) is 1.39. The van der Waals surface area contributed by atoms with Crippen LogP contribution < -0.4 is 10.6 Å². The molecule has 2 heterocycles. The van der Waals surface area contributed by atoms with E-state index in [1.54, 1.807) is 36.2 Å². The first-order chi connectivity index (χ1) is 13.3. The molecule has 2 aliphatic rings.